The van der Waals surface area contributed by atoms with Gasteiger partial charge >= 0.3 is 5.97 Å². The van der Waals surface area contributed by atoms with Crippen molar-refractivity contribution in [2.75, 3.05) is 13.1 Å². The van der Waals surface area contributed by atoms with Crippen molar-refractivity contribution in [1.82, 2.24) is 10.6 Å². The summed E-state index contributed by atoms with van der Waals surface area (Å²) in [6.45, 7) is 2.02. The molecule has 1 amide bonds. The molecule has 0 aromatic heterocycles. The molecule has 0 unspecified atom stereocenters. The van der Waals surface area contributed by atoms with Crippen LogP contribution in [0.15, 0.2) is 30.3 Å². The number of aliphatic carboxylic acids is 1. The van der Waals surface area contributed by atoms with Gasteiger partial charge in [-0.25, -0.2) is 4.79 Å². The van der Waals surface area contributed by atoms with Crippen LogP contribution in [0, 0.1) is 5.92 Å². The Morgan fingerprint density at radius 1 is 1.23 bits per heavy atom. The van der Waals surface area contributed by atoms with Crippen LogP contribution in [0.2, 0.25) is 0 Å². The van der Waals surface area contributed by atoms with Gasteiger partial charge in [0.25, 0.3) is 0 Å². The van der Waals surface area contributed by atoms with E-state index in [1.807, 2.05) is 30.3 Å². The van der Waals surface area contributed by atoms with Crippen LogP contribution in [0.5, 0.6) is 0 Å². The molecule has 0 spiro atoms. The van der Waals surface area contributed by atoms with E-state index >= 15 is 0 Å². The van der Waals surface area contributed by atoms with Crippen LogP contribution in [0.25, 0.3) is 0 Å². The zero-order chi connectivity index (χ0) is 15.8. The Kier molecular flexibility index (Phi) is 6.40. The summed E-state index contributed by atoms with van der Waals surface area (Å²) in [4.78, 5) is 23.3. The monoisotopic (exact) mass is 304 g/mol. The van der Waals surface area contributed by atoms with E-state index in [2.05, 4.69) is 10.6 Å². The van der Waals surface area contributed by atoms with Crippen molar-refractivity contribution >= 4 is 11.9 Å². The highest BCUT2D eigenvalue weighted by Crippen LogP contribution is 2.17. The summed E-state index contributed by atoms with van der Waals surface area (Å²) in [6, 6.07) is 8.51. The van der Waals surface area contributed by atoms with E-state index in [4.69, 9.17) is 0 Å². The zero-order valence-corrected chi connectivity index (χ0v) is 12.8. The lowest BCUT2D eigenvalue weighted by Crippen LogP contribution is -2.42. The van der Waals surface area contributed by atoms with Crippen molar-refractivity contribution in [3.8, 4) is 0 Å². The first-order chi connectivity index (χ1) is 10.6. The second kappa shape index (κ2) is 8.54. The van der Waals surface area contributed by atoms with Gasteiger partial charge < -0.3 is 15.7 Å². The standard InChI is InChI=1S/C17H24N2O3/c20-16(7-6-13-8-10-18-11-9-13)19-15(17(21)22)12-14-4-2-1-3-5-14/h1-5,13,15,18H,6-12H2,(H,19,20)(H,21,22)/t15-/m1/s1. The van der Waals surface area contributed by atoms with Gasteiger partial charge in [0.15, 0.2) is 0 Å². The molecule has 0 radical (unpaired) electrons. The maximum atomic E-state index is 12.0. The van der Waals surface area contributed by atoms with Crippen LogP contribution in [-0.2, 0) is 16.0 Å². The van der Waals surface area contributed by atoms with Crippen molar-refractivity contribution in [2.24, 2.45) is 5.92 Å². The highest BCUT2D eigenvalue weighted by atomic mass is 16.4. The van der Waals surface area contributed by atoms with Gasteiger partial charge in [-0.2, -0.15) is 0 Å². The molecule has 22 heavy (non-hydrogen) atoms. The smallest absolute Gasteiger partial charge is 0.326 e. The van der Waals surface area contributed by atoms with Crippen molar-refractivity contribution < 1.29 is 14.7 Å². The van der Waals surface area contributed by atoms with Gasteiger partial charge in [-0.1, -0.05) is 30.3 Å². The molecule has 0 bridgehead atoms. The third-order valence-electron chi connectivity index (χ3n) is 4.15. The van der Waals surface area contributed by atoms with E-state index in [1.165, 1.54) is 0 Å². The quantitative estimate of drug-likeness (QED) is 0.714. The molecular weight excluding hydrogens is 280 g/mol. The lowest BCUT2D eigenvalue weighted by molar-refractivity contribution is -0.141. The number of carboxylic acids is 1. The molecule has 2 rings (SSSR count). The van der Waals surface area contributed by atoms with Crippen LogP contribution in [0.4, 0.5) is 0 Å². The van der Waals surface area contributed by atoms with Crippen LogP contribution < -0.4 is 10.6 Å². The molecule has 1 saturated heterocycles. The molecule has 1 fully saturated rings. The van der Waals surface area contributed by atoms with E-state index in [9.17, 15) is 14.7 Å². The highest BCUT2D eigenvalue weighted by molar-refractivity contribution is 5.83. The second-order valence-electron chi connectivity index (χ2n) is 5.88. The topological polar surface area (TPSA) is 78.4 Å². The Hall–Kier alpha value is -1.88. The average molecular weight is 304 g/mol. The molecule has 1 atom stereocenters. The Morgan fingerprint density at radius 2 is 1.91 bits per heavy atom. The third kappa shape index (κ3) is 5.48. The number of benzene rings is 1. The first-order valence-corrected chi connectivity index (χ1v) is 7.92. The first-order valence-electron chi connectivity index (χ1n) is 7.92. The summed E-state index contributed by atoms with van der Waals surface area (Å²) >= 11 is 0. The molecule has 1 aliphatic heterocycles. The average Bonchev–Trinajstić information content (AvgIpc) is 2.54. The van der Waals surface area contributed by atoms with Gasteiger partial charge in [0.05, 0.1) is 0 Å². The molecule has 1 aromatic carbocycles. The fraction of sp³-hybridized carbons (Fsp3) is 0.529. The van der Waals surface area contributed by atoms with E-state index in [1.54, 1.807) is 0 Å². The summed E-state index contributed by atoms with van der Waals surface area (Å²) < 4.78 is 0. The number of hydrogen-bond acceptors (Lipinski definition) is 3. The van der Waals surface area contributed by atoms with E-state index in [0.29, 0.717) is 18.8 Å². The van der Waals surface area contributed by atoms with E-state index in [0.717, 1.165) is 37.9 Å². The highest BCUT2D eigenvalue weighted by Gasteiger charge is 2.21. The molecule has 0 aliphatic carbocycles. The second-order valence-corrected chi connectivity index (χ2v) is 5.88. The van der Waals surface area contributed by atoms with Crippen LogP contribution in [0.1, 0.15) is 31.2 Å². The van der Waals surface area contributed by atoms with Crippen molar-refractivity contribution in [2.45, 2.75) is 38.1 Å². The van der Waals surface area contributed by atoms with Gasteiger partial charge in [0.2, 0.25) is 5.91 Å². The molecule has 1 heterocycles. The Morgan fingerprint density at radius 3 is 2.55 bits per heavy atom. The van der Waals surface area contributed by atoms with Crippen LogP contribution >= 0.6 is 0 Å². The SMILES string of the molecule is O=C(CCC1CCNCC1)N[C@H](Cc1ccccc1)C(=O)O. The number of carboxylic acid groups (broad SMARTS) is 1. The molecule has 1 aliphatic rings. The van der Waals surface area contributed by atoms with Crippen molar-refractivity contribution in [1.29, 1.82) is 0 Å². The minimum atomic E-state index is -0.987. The maximum Gasteiger partial charge on any atom is 0.326 e. The maximum absolute atomic E-state index is 12.0. The summed E-state index contributed by atoms with van der Waals surface area (Å²) in [5.74, 6) is -0.578. The van der Waals surface area contributed by atoms with Gasteiger partial charge in [0.1, 0.15) is 6.04 Å². The summed E-state index contributed by atoms with van der Waals surface area (Å²) in [5.41, 5.74) is 0.911. The van der Waals surface area contributed by atoms with Gasteiger partial charge in [-0.3, -0.25) is 4.79 Å². The zero-order valence-electron chi connectivity index (χ0n) is 12.8. The Labute approximate surface area is 131 Å². The van der Waals surface area contributed by atoms with Crippen LogP contribution in [0.3, 0.4) is 0 Å². The third-order valence-corrected chi connectivity index (χ3v) is 4.15. The number of hydrogen-bond donors (Lipinski definition) is 3. The predicted octanol–water partition coefficient (Wildman–Crippen LogP) is 1.58. The molecule has 0 saturated carbocycles. The largest absolute Gasteiger partial charge is 0.480 e. The Bertz CT molecular complexity index is 484. The van der Waals surface area contributed by atoms with Crippen molar-refractivity contribution in [3.05, 3.63) is 35.9 Å². The minimum absolute atomic E-state index is 0.165. The van der Waals surface area contributed by atoms with Crippen LogP contribution in [-0.4, -0.2) is 36.1 Å². The first kappa shape index (κ1) is 16.5. The number of carbonyl (C=O) groups excluding carboxylic acids is 1. The molecule has 5 nitrogen and oxygen atoms in total. The van der Waals surface area contributed by atoms with Crippen molar-refractivity contribution in [3.63, 3.8) is 0 Å². The number of rotatable bonds is 7. The minimum Gasteiger partial charge on any atom is -0.480 e. The van der Waals surface area contributed by atoms with Gasteiger partial charge in [0, 0.05) is 12.8 Å². The lowest BCUT2D eigenvalue weighted by Gasteiger charge is -2.22. The number of carbonyl (C=O) groups is 2. The predicted molar refractivity (Wildman–Crippen MR) is 84.5 cm³/mol. The molecule has 5 heteroatoms. The normalized spacial score (nSPS) is 16.9. The fourth-order valence-electron chi connectivity index (χ4n) is 2.82. The van der Waals surface area contributed by atoms with Gasteiger partial charge in [-0.15, -0.1) is 0 Å². The number of amides is 1. The lowest BCUT2D eigenvalue weighted by atomic mass is 9.93. The van der Waals surface area contributed by atoms with Gasteiger partial charge in [-0.05, 0) is 43.8 Å². The number of nitrogens with one attached hydrogen (secondary N) is 2. The molecular formula is C17H24N2O3. The fourth-order valence-corrected chi connectivity index (χ4v) is 2.82. The van der Waals surface area contributed by atoms with E-state index in [-0.39, 0.29) is 5.91 Å². The summed E-state index contributed by atoms with van der Waals surface area (Å²) in [5, 5.41) is 15.2. The molecule has 120 valence electrons. The summed E-state index contributed by atoms with van der Waals surface area (Å²) in [7, 11) is 0. The molecule has 3 N–H and O–H groups in total. The van der Waals surface area contributed by atoms with E-state index < -0.39 is 12.0 Å². The summed E-state index contributed by atoms with van der Waals surface area (Å²) in [6.07, 6.45) is 3.75. The molecule has 1 aromatic rings. The Balaban J connectivity index is 1.79. The number of piperidine rings is 1.